The summed E-state index contributed by atoms with van der Waals surface area (Å²) >= 11 is 1.65. The molecule has 0 spiro atoms. The van der Waals surface area contributed by atoms with E-state index < -0.39 is 0 Å². The maximum atomic E-state index is 12.1. The molecule has 0 saturated carbocycles. The molecule has 2 aromatic carbocycles. The normalized spacial score (nSPS) is 10.8. The second-order valence-corrected chi connectivity index (χ2v) is 7.74. The van der Waals surface area contributed by atoms with Gasteiger partial charge in [-0.05, 0) is 44.0 Å². The number of carbonyl (C=O) groups excluding carboxylic acids is 1. The van der Waals surface area contributed by atoms with Crippen LogP contribution >= 0.6 is 11.8 Å². The lowest BCUT2D eigenvalue weighted by atomic mass is 10.0. The van der Waals surface area contributed by atoms with Crippen molar-refractivity contribution in [1.29, 1.82) is 0 Å². The minimum atomic E-state index is -0.128. The number of amides is 1. The third-order valence-electron chi connectivity index (χ3n) is 4.17. The van der Waals surface area contributed by atoms with Crippen LogP contribution in [0.4, 0.5) is 6.01 Å². The fourth-order valence-corrected chi connectivity index (χ4v) is 3.51. The number of rotatable bonds is 7. The molecule has 3 rings (SSSR count). The van der Waals surface area contributed by atoms with E-state index in [0.717, 1.165) is 10.5 Å². The van der Waals surface area contributed by atoms with Crippen molar-refractivity contribution in [1.82, 2.24) is 10.2 Å². The molecule has 140 valence electrons. The molecule has 0 fully saturated rings. The topological polar surface area (TPSA) is 68.0 Å². The molecule has 0 bridgehead atoms. The minimum Gasteiger partial charge on any atom is -0.407 e. The van der Waals surface area contributed by atoms with Gasteiger partial charge in [-0.2, -0.15) is 0 Å². The first kappa shape index (κ1) is 19.2. The predicted octanol–water partition coefficient (Wildman–Crippen LogP) is 4.71. The van der Waals surface area contributed by atoms with Gasteiger partial charge < -0.3 is 4.42 Å². The van der Waals surface area contributed by atoms with Gasteiger partial charge in [0.15, 0.2) is 0 Å². The molecule has 0 aliphatic carbocycles. The summed E-state index contributed by atoms with van der Waals surface area (Å²) in [6, 6.07) is 14.7. The first-order valence-corrected chi connectivity index (χ1v) is 9.86. The summed E-state index contributed by atoms with van der Waals surface area (Å²) in [5.41, 5.74) is 4.77. The van der Waals surface area contributed by atoms with Crippen LogP contribution in [0.1, 0.15) is 34.6 Å². The zero-order valence-electron chi connectivity index (χ0n) is 15.8. The number of carbonyl (C=O) groups is 1. The van der Waals surface area contributed by atoms with E-state index in [1.165, 1.54) is 16.7 Å². The molecule has 27 heavy (non-hydrogen) atoms. The average molecular weight is 382 g/mol. The number of aromatic nitrogens is 2. The lowest BCUT2D eigenvalue weighted by Gasteiger charge is -2.04. The standard InChI is InChI=1S/C21H23N3O2S/c1-14-5-8-18(9-6-14)27-11-10-19(25)22-21-24-23-20(26-21)13-17-7-4-15(2)12-16(17)3/h4-9,12H,10-11,13H2,1-3H3,(H,22,24,25). The number of nitrogens with zero attached hydrogens (tertiary/aromatic N) is 2. The van der Waals surface area contributed by atoms with E-state index in [9.17, 15) is 4.79 Å². The molecule has 1 N–H and O–H groups in total. The van der Waals surface area contributed by atoms with E-state index in [-0.39, 0.29) is 11.9 Å². The van der Waals surface area contributed by atoms with Crippen LogP contribution in [0.5, 0.6) is 0 Å². The lowest BCUT2D eigenvalue weighted by Crippen LogP contribution is -2.12. The van der Waals surface area contributed by atoms with Crippen LogP contribution in [0.25, 0.3) is 0 Å². The van der Waals surface area contributed by atoms with Gasteiger partial charge in [0.25, 0.3) is 0 Å². The maximum Gasteiger partial charge on any atom is 0.322 e. The SMILES string of the molecule is Cc1ccc(SCCC(=O)Nc2nnc(Cc3ccc(C)cc3C)o2)cc1. The first-order valence-electron chi connectivity index (χ1n) is 8.87. The van der Waals surface area contributed by atoms with Crippen molar-refractivity contribution in [3.63, 3.8) is 0 Å². The van der Waals surface area contributed by atoms with Gasteiger partial charge >= 0.3 is 6.01 Å². The summed E-state index contributed by atoms with van der Waals surface area (Å²) in [6.07, 6.45) is 0.936. The van der Waals surface area contributed by atoms with Crippen LogP contribution in [0.2, 0.25) is 0 Å². The maximum absolute atomic E-state index is 12.1. The van der Waals surface area contributed by atoms with E-state index in [1.54, 1.807) is 11.8 Å². The second-order valence-electron chi connectivity index (χ2n) is 6.57. The molecular weight excluding hydrogens is 358 g/mol. The van der Waals surface area contributed by atoms with E-state index >= 15 is 0 Å². The molecular formula is C21H23N3O2S. The van der Waals surface area contributed by atoms with Gasteiger partial charge in [-0.3, -0.25) is 10.1 Å². The number of anilines is 1. The second kappa shape index (κ2) is 8.86. The molecule has 0 aliphatic rings. The Labute approximate surface area is 163 Å². The smallest absolute Gasteiger partial charge is 0.322 e. The Morgan fingerprint density at radius 1 is 1.04 bits per heavy atom. The molecule has 1 aromatic heterocycles. The van der Waals surface area contributed by atoms with Crippen molar-refractivity contribution in [2.75, 3.05) is 11.1 Å². The average Bonchev–Trinajstić information content (AvgIpc) is 3.06. The Hall–Kier alpha value is -2.60. The van der Waals surface area contributed by atoms with E-state index in [0.29, 0.717) is 24.5 Å². The minimum absolute atomic E-state index is 0.128. The highest BCUT2D eigenvalue weighted by atomic mass is 32.2. The van der Waals surface area contributed by atoms with Gasteiger partial charge in [-0.1, -0.05) is 46.6 Å². The highest BCUT2D eigenvalue weighted by Crippen LogP contribution is 2.20. The fourth-order valence-electron chi connectivity index (χ4n) is 2.66. The molecule has 1 heterocycles. The van der Waals surface area contributed by atoms with E-state index in [4.69, 9.17) is 4.42 Å². The summed E-state index contributed by atoms with van der Waals surface area (Å²) in [5, 5.41) is 10.6. The van der Waals surface area contributed by atoms with Crippen molar-refractivity contribution >= 4 is 23.7 Å². The molecule has 0 aliphatic heterocycles. The van der Waals surface area contributed by atoms with Crippen LogP contribution in [-0.2, 0) is 11.2 Å². The Balaban J connectivity index is 1.48. The summed E-state index contributed by atoms with van der Waals surface area (Å²) in [5.74, 6) is 1.06. The third kappa shape index (κ3) is 5.69. The Bertz CT molecular complexity index is 919. The monoisotopic (exact) mass is 381 g/mol. The molecule has 0 radical (unpaired) electrons. The summed E-state index contributed by atoms with van der Waals surface area (Å²) in [4.78, 5) is 13.2. The molecule has 5 nitrogen and oxygen atoms in total. The van der Waals surface area contributed by atoms with Crippen LogP contribution in [-0.4, -0.2) is 21.9 Å². The van der Waals surface area contributed by atoms with Gasteiger partial charge in [0.2, 0.25) is 11.8 Å². The Morgan fingerprint density at radius 2 is 1.78 bits per heavy atom. The van der Waals surface area contributed by atoms with Gasteiger partial charge in [-0.15, -0.1) is 16.9 Å². The highest BCUT2D eigenvalue weighted by molar-refractivity contribution is 7.99. The lowest BCUT2D eigenvalue weighted by molar-refractivity contribution is -0.115. The third-order valence-corrected chi connectivity index (χ3v) is 5.19. The predicted molar refractivity (Wildman–Crippen MR) is 108 cm³/mol. The zero-order chi connectivity index (χ0) is 19.2. The van der Waals surface area contributed by atoms with Crippen LogP contribution in [0.15, 0.2) is 51.8 Å². The van der Waals surface area contributed by atoms with Gasteiger partial charge in [0.05, 0.1) is 6.42 Å². The van der Waals surface area contributed by atoms with Gasteiger partial charge in [0, 0.05) is 17.1 Å². The van der Waals surface area contributed by atoms with Gasteiger partial charge in [0.1, 0.15) is 0 Å². The van der Waals surface area contributed by atoms with Crippen molar-refractivity contribution in [3.05, 3.63) is 70.6 Å². The van der Waals surface area contributed by atoms with E-state index in [1.807, 2.05) is 0 Å². The fraction of sp³-hybridized carbons (Fsp3) is 0.286. The van der Waals surface area contributed by atoms with Crippen molar-refractivity contribution in [3.8, 4) is 0 Å². The van der Waals surface area contributed by atoms with Crippen LogP contribution in [0, 0.1) is 20.8 Å². The number of hydrogen-bond acceptors (Lipinski definition) is 5. The van der Waals surface area contributed by atoms with Crippen molar-refractivity contribution in [2.24, 2.45) is 0 Å². The Kier molecular flexibility index (Phi) is 6.29. The zero-order valence-corrected chi connectivity index (χ0v) is 16.6. The molecule has 6 heteroatoms. The number of hydrogen-bond donors (Lipinski definition) is 1. The quantitative estimate of drug-likeness (QED) is 0.601. The summed E-state index contributed by atoms with van der Waals surface area (Å²) < 4.78 is 5.56. The molecule has 0 saturated heterocycles. The van der Waals surface area contributed by atoms with E-state index in [2.05, 4.69) is 78.7 Å². The highest BCUT2D eigenvalue weighted by Gasteiger charge is 2.11. The van der Waals surface area contributed by atoms with Crippen molar-refractivity contribution in [2.45, 2.75) is 38.5 Å². The van der Waals surface area contributed by atoms with Gasteiger partial charge in [-0.25, -0.2) is 0 Å². The molecule has 0 atom stereocenters. The number of thioether (sulfide) groups is 1. The first-order chi connectivity index (χ1) is 13.0. The van der Waals surface area contributed by atoms with Crippen molar-refractivity contribution < 1.29 is 9.21 Å². The van der Waals surface area contributed by atoms with Crippen LogP contribution < -0.4 is 5.32 Å². The number of nitrogens with one attached hydrogen (secondary N) is 1. The molecule has 1 amide bonds. The Morgan fingerprint density at radius 3 is 2.52 bits per heavy atom. The molecule has 3 aromatic rings. The summed E-state index contributed by atoms with van der Waals surface area (Å²) in [6.45, 7) is 6.18. The van der Waals surface area contributed by atoms with Crippen LogP contribution in [0.3, 0.4) is 0 Å². The number of benzene rings is 2. The largest absolute Gasteiger partial charge is 0.407 e. The molecule has 0 unspecified atom stereocenters. The summed E-state index contributed by atoms with van der Waals surface area (Å²) in [7, 11) is 0. The number of aryl methyl sites for hydroxylation is 3.